The molecule has 0 aromatic heterocycles. The molecule has 0 aliphatic carbocycles. The largest absolute Gasteiger partial charge is 0.306 e. The van der Waals surface area contributed by atoms with Gasteiger partial charge in [-0.05, 0) is 11.8 Å². The first kappa shape index (κ1) is 12.5. The Morgan fingerprint density at radius 3 is 2.54 bits per heavy atom. The molecule has 0 atom stereocenters. The summed E-state index contributed by atoms with van der Waals surface area (Å²) in [6, 6.07) is 0. The van der Waals surface area contributed by atoms with Crippen molar-refractivity contribution in [3.63, 3.8) is 0 Å². The fourth-order valence-electron chi connectivity index (χ4n) is 1.41. The van der Waals surface area contributed by atoms with Crippen molar-refractivity contribution in [3.8, 4) is 12.3 Å². The molecule has 1 heteroatoms. The third kappa shape index (κ3) is 7.87. The maximum absolute atomic E-state index is 5.17. The molecule has 0 heterocycles. The zero-order chi connectivity index (χ0) is 10.2. The SMILES string of the molecule is C#CCNCC(C)(C)CCCCC. The third-order valence-corrected chi connectivity index (χ3v) is 2.29. The van der Waals surface area contributed by atoms with Crippen molar-refractivity contribution < 1.29 is 0 Å². The molecule has 0 aliphatic rings. The van der Waals surface area contributed by atoms with Crippen LogP contribution in [0.25, 0.3) is 0 Å². The molecule has 0 bridgehead atoms. The summed E-state index contributed by atoms with van der Waals surface area (Å²) in [5.41, 5.74) is 0.395. The van der Waals surface area contributed by atoms with Crippen molar-refractivity contribution in [2.75, 3.05) is 13.1 Å². The molecule has 1 N–H and O–H groups in total. The van der Waals surface area contributed by atoms with E-state index in [1.165, 1.54) is 25.7 Å². The van der Waals surface area contributed by atoms with Gasteiger partial charge in [-0.15, -0.1) is 6.42 Å². The van der Waals surface area contributed by atoms with Crippen LogP contribution in [0.3, 0.4) is 0 Å². The molecule has 0 spiro atoms. The Kier molecular flexibility index (Phi) is 6.72. The number of hydrogen-bond donors (Lipinski definition) is 1. The van der Waals surface area contributed by atoms with Gasteiger partial charge in [0.15, 0.2) is 0 Å². The first-order valence-corrected chi connectivity index (χ1v) is 5.26. The molecule has 0 amide bonds. The molecule has 0 radical (unpaired) electrons. The molecule has 0 aromatic carbocycles. The van der Waals surface area contributed by atoms with E-state index in [-0.39, 0.29) is 0 Å². The first-order chi connectivity index (χ1) is 6.12. The van der Waals surface area contributed by atoms with Gasteiger partial charge < -0.3 is 5.32 Å². The highest BCUT2D eigenvalue weighted by molar-refractivity contribution is 4.87. The predicted molar refractivity (Wildman–Crippen MR) is 59.6 cm³/mol. The number of terminal acetylenes is 1. The average molecular weight is 181 g/mol. The summed E-state index contributed by atoms with van der Waals surface area (Å²) in [6.07, 6.45) is 10.4. The Bertz CT molecular complexity index is 153. The van der Waals surface area contributed by atoms with Crippen molar-refractivity contribution in [2.24, 2.45) is 5.41 Å². The summed E-state index contributed by atoms with van der Waals surface area (Å²) in [4.78, 5) is 0. The molecule has 0 aliphatic heterocycles. The monoisotopic (exact) mass is 181 g/mol. The smallest absolute Gasteiger partial charge is 0.0574 e. The van der Waals surface area contributed by atoms with Crippen LogP contribution in [0, 0.1) is 17.8 Å². The van der Waals surface area contributed by atoms with Crippen LogP contribution in [-0.4, -0.2) is 13.1 Å². The van der Waals surface area contributed by atoms with Crippen molar-refractivity contribution in [3.05, 3.63) is 0 Å². The topological polar surface area (TPSA) is 12.0 Å². The number of nitrogens with one attached hydrogen (secondary N) is 1. The van der Waals surface area contributed by atoms with Crippen LogP contribution in [0.15, 0.2) is 0 Å². The number of unbranched alkanes of at least 4 members (excludes halogenated alkanes) is 2. The maximum atomic E-state index is 5.17. The Morgan fingerprint density at radius 2 is 2.00 bits per heavy atom. The molecule has 0 unspecified atom stereocenters. The van der Waals surface area contributed by atoms with E-state index < -0.39 is 0 Å². The summed E-state index contributed by atoms with van der Waals surface area (Å²) < 4.78 is 0. The van der Waals surface area contributed by atoms with Crippen LogP contribution < -0.4 is 5.32 Å². The highest BCUT2D eigenvalue weighted by Gasteiger charge is 2.15. The Labute approximate surface area is 83.3 Å². The van der Waals surface area contributed by atoms with Gasteiger partial charge in [-0.25, -0.2) is 0 Å². The van der Waals surface area contributed by atoms with E-state index in [4.69, 9.17) is 6.42 Å². The zero-order valence-electron chi connectivity index (χ0n) is 9.32. The van der Waals surface area contributed by atoms with Gasteiger partial charge in [0.05, 0.1) is 6.54 Å². The Hall–Kier alpha value is -0.480. The van der Waals surface area contributed by atoms with E-state index in [2.05, 4.69) is 32.0 Å². The summed E-state index contributed by atoms with van der Waals surface area (Å²) in [7, 11) is 0. The average Bonchev–Trinajstić information content (AvgIpc) is 2.05. The number of hydrogen-bond acceptors (Lipinski definition) is 1. The van der Waals surface area contributed by atoms with E-state index in [1.807, 2.05) is 0 Å². The van der Waals surface area contributed by atoms with Gasteiger partial charge in [0, 0.05) is 6.54 Å². The molecule has 0 fully saturated rings. The standard InChI is InChI=1S/C12H23N/c1-5-7-8-9-12(3,4)11-13-10-6-2/h2,13H,5,7-11H2,1,3-4H3. The Balaban J connectivity index is 3.49. The van der Waals surface area contributed by atoms with Crippen LogP contribution in [0.2, 0.25) is 0 Å². The van der Waals surface area contributed by atoms with Gasteiger partial charge in [0.1, 0.15) is 0 Å². The third-order valence-electron chi connectivity index (χ3n) is 2.29. The van der Waals surface area contributed by atoms with Gasteiger partial charge >= 0.3 is 0 Å². The summed E-state index contributed by atoms with van der Waals surface area (Å²) in [6.45, 7) is 8.56. The first-order valence-electron chi connectivity index (χ1n) is 5.26. The Morgan fingerprint density at radius 1 is 1.31 bits per heavy atom. The lowest BCUT2D eigenvalue weighted by atomic mass is 9.87. The van der Waals surface area contributed by atoms with E-state index >= 15 is 0 Å². The molecule has 0 saturated heterocycles. The molecular formula is C12H23N. The highest BCUT2D eigenvalue weighted by atomic mass is 14.9. The lowest BCUT2D eigenvalue weighted by Gasteiger charge is -2.24. The summed E-state index contributed by atoms with van der Waals surface area (Å²) in [5, 5.41) is 3.27. The molecule has 0 saturated carbocycles. The van der Waals surface area contributed by atoms with E-state index in [0.29, 0.717) is 12.0 Å². The summed E-state index contributed by atoms with van der Waals surface area (Å²) >= 11 is 0. The van der Waals surface area contributed by atoms with E-state index in [0.717, 1.165) is 6.54 Å². The van der Waals surface area contributed by atoms with Gasteiger partial charge in [0.25, 0.3) is 0 Å². The fourth-order valence-corrected chi connectivity index (χ4v) is 1.41. The van der Waals surface area contributed by atoms with Gasteiger partial charge in [-0.2, -0.15) is 0 Å². The van der Waals surface area contributed by atoms with Crippen LogP contribution in [-0.2, 0) is 0 Å². The minimum Gasteiger partial charge on any atom is -0.306 e. The predicted octanol–water partition coefficient (Wildman–Crippen LogP) is 2.82. The molecule has 76 valence electrons. The lowest BCUT2D eigenvalue weighted by molar-refractivity contribution is 0.308. The zero-order valence-corrected chi connectivity index (χ0v) is 9.32. The fraction of sp³-hybridized carbons (Fsp3) is 0.833. The quantitative estimate of drug-likeness (QED) is 0.470. The molecule has 1 nitrogen and oxygen atoms in total. The lowest BCUT2D eigenvalue weighted by Crippen LogP contribution is -2.29. The van der Waals surface area contributed by atoms with Gasteiger partial charge in [0.2, 0.25) is 0 Å². The van der Waals surface area contributed by atoms with E-state index in [1.54, 1.807) is 0 Å². The van der Waals surface area contributed by atoms with Crippen molar-refractivity contribution in [1.82, 2.24) is 5.32 Å². The van der Waals surface area contributed by atoms with Gasteiger partial charge in [-0.1, -0.05) is 46.0 Å². The number of rotatable bonds is 7. The van der Waals surface area contributed by atoms with Crippen molar-refractivity contribution >= 4 is 0 Å². The minimum atomic E-state index is 0.395. The second-order valence-corrected chi connectivity index (χ2v) is 4.43. The highest BCUT2D eigenvalue weighted by Crippen LogP contribution is 2.22. The van der Waals surface area contributed by atoms with Crippen LogP contribution in [0.4, 0.5) is 0 Å². The van der Waals surface area contributed by atoms with E-state index in [9.17, 15) is 0 Å². The second kappa shape index (κ2) is 6.97. The van der Waals surface area contributed by atoms with Crippen LogP contribution in [0.1, 0.15) is 46.5 Å². The van der Waals surface area contributed by atoms with Crippen LogP contribution in [0.5, 0.6) is 0 Å². The minimum absolute atomic E-state index is 0.395. The summed E-state index contributed by atoms with van der Waals surface area (Å²) in [5.74, 6) is 2.60. The van der Waals surface area contributed by atoms with Crippen molar-refractivity contribution in [1.29, 1.82) is 0 Å². The van der Waals surface area contributed by atoms with Crippen LogP contribution >= 0.6 is 0 Å². The molecule has 0 aromatic rings. The van der Waals surface area contributed by atoms with Crippen molar-refractivity contribution in [2.45, 2.75) is 46.5 Å². The molecule has 13 heavy (non-hydrogen) atoms. The van der Waals surface area contributed by atoms with Gasteiger partial charge in [-0.3, -0.25) is 0 Å². The normalized spacial score (nSPS) is 11.2. The molecular weight excluding hydrogens is 158 g/mol. The maximum Gasteiger partial charge on any atom is 0.0574 e. The molecule has 0 rings (SSSR count). The second-order valence-electron chi connectivity index (χ2n) is 4.43.